The fourth-order valence-electron chi connectivity index (χ4n) is 1.77. The van der Waals surface area contributed by atoms with Gasteiger partial charge in [0.1, 0.15) is 5.82 Å². The van der Waals surface area contributed by atoms with Crippen molar-refractivity contribution < 1.29 is 9.90 Å². The number of anilines is 1. The summed E-state index contributed by atoms with van der Waals surface area (Å²) in [4.78, 5) is 19.7. The Balaban J connectivity index is 2.56. The largest absolute Gasteiger partial charge is 0.477 e. The van der Waals surface area contributed by atoms with E-state index in [0.717, 1.165) is 0 Å². The van der Waals surface area contributed by atoms with Gasteiger partial charge in [0.2, 0.25) is 0 Å². The number of carboxylic acid groups (broad SMARTS) is 1. The number of benzene rings is 1. The fraction of sp³-hybridized carbons (Fsp3) is 0.267. The number of carboxylic acids is 1. The molecule has 6 heteroatoms. The zero-order valence-corrected chi connectivity index (χ0v) is 12.8. The zero-order valence-electron chi connectivity index (χ0n) is 12.0. The van der Waals surface area contributed by atoms with Gasteiger partial charge in [0.15, 0.2) is 11.5 Å². The highest BCUT2D eigenvalue weighted by Crippen LogP contribution is 2.26. The van der Waals surface area contributed by atoms with Crippen molar-refractivity contribution in [1.29, 1.82) is 0 Å². The Labute approximate surface area is 128 Å². The van der Waals surface area contributed by atoms with Crippen LogP contribution in [0.2, 0.25) is 5.02 Å². The molecule has 1 heterocycles. The molecular weight excluding hydrogens is 290 g/mol. The Hall–Kier alpha value is -2.14. The Bertz CT molecular complexity index is 681. The first-order valence-electron chi connectivity index (χ1n) is 6.42. The molecule has 0 fully saturated rings. The summed E-state index contributed by atoms with van der Waals surface area (Å²) >= 11 is 6.13. The molecule has 0 saturated carbocycles. The van der Waals surface area contributed by atoms with Crippen LogP contribution in [0.25, 0.3) is 11.4 Å². The zero-order chi connectivity index (χ0) is 15.6. The van der Waals surface area contributed by atoms with Gasteiger partial charge in [-0.1, -0.05) is 23.7 Å². The molecule has 2 aromatic rings. The van der Waals surface area contributed by atoms with Gasteiger partial charge in [0.05, 0.1) is 5.02 Å². The highest BCUT2D eigenvalue weighted by molar-refractivity contribution is 6.33. The third kappa shape index (κ3) is 3.92. The number of nitrogens with zero attached hydrogens (tertiary/aromatic N) is 2. The lowest BCUT2D eigenvalue weighted by Crippen LogP contribution is -2.27. The maximum Gasteiger partial charge on any atom is 0.354 e. The molecule has 0 aliphatic rings. The smallest absolute Gasteiger partial charge is 0.354 e. The van der Waals surface area contributed by atoms with Crippen molar-refractivity contribution in [1.82, 2.24) is 9.97 Å². The molecule has 2 N–H and O–H groups in total. The number of hydrogen-bond acceptors (Lipinski definition) is 4. The predicted octanol–water partition coefficient (Wildman–Crippen LogP) is 3.71. The molecule has 1 aromatic carbocycles. The van der Waals surface area contributed by atoms with Gasteiger partial charge in [-0.3, -0.25) is 0 Å². The second-order valence-electron chi connectivity index (χ2n) is 5.62. The molecule has 5 nitrogen and oxygen atoms in total. The molecule has 0 radical (unpaired) electrons. The molecular formula is C15H16ClN3O2. The van der Waals surface area contributed by atoms with E-state index in [1.54, 1.807) is 24.3 Å². The van der Waals surface area contributed by atoms with Crippen LogP contribution in [0.4, 0.5) is 5.82 Å². The highest BCUT2D eigenvalue weighted by atomic mass is 35.5. The lowest BCUT2D eigenvalue weighted by molar-refractivity contribution is 0.0690. The van der Waals surface area contributed by atoms with Crippen LogP contribution in [0.5, 0.6) is 0 Å². The summed E-state index contributed by atoms with van der Waals surface area (Å²) < 4.78 is 0. The van der Waals surface area contributed by atoms with Crippen LogP contribution in [0.3, 0.4) is 0 Å². The van der Waals surface area contributed by atoms with E-state index in [0.29, 0.717) is 16.4 Å². The molecule has 2 rings (SSSR count). The number of halogens is 1. The normalized spacial score (nSPS) is 11.2. The SMILES string of the molecule is CC(C)(C)Nc1cc(C(=O)O)nc(-c2ccccc2Cl)n1. The molecule has 0 saturated heterocycles. The van der Waals surface area contributed by atoms with Gasteiger partial charge in [-0.2, -0.15) is 0 Å². The van der Waals surface area contributed by atoms with Crippen molar-refractivity contribution >= 4 is 23.4 Å². The summed E-state index contributed by atoms with van der Waals surface area (Å²) in [7, 11) is 0. The van der Waals surface area contributed by atoms with E-state index in [1.807, 2.05) is 20.8 Å². The quantitative estimate of drug-likeness (QED) is 0.904. The highest BCUT2D eigenvalue weighted by Gasteiger charge is 2.16. The van der Waals surface area contributed by atoms with Crippen LogP contribution >= 0.6 is 11.6 Å². The van der Waals surface area contributed by atoms with Crippen LogP contribution in [0, 0.1) is 0 Å². The Morgan fingerprint density at radius 1 is 1.24 bits per heavy atom. The van der Waals surface area contributed by atoms with Gasteiger partial charge in [0, 0.05) is 17.2 Å². The first kappa shape index (κ1) is 15.3. The van der Waals surface area contributed by atoms with E-state index < -0.39 is 5.97 Å². The summed E-state index contributed by atoms with van der Waals surface area (Å²) in [6, 6.07) is 8.47. The van der Waals surface area contributed by atoms with Crippen LogP contribution in [0.1, 0.15) is 31.3 Å². The maximum absolute atomic E-state index is 11.2. The van der Waals surface area contributed by atoms with Gasteiger partial charge in [-0.25, -0.2) is 14.8 Å². The molecule has 0 aliphatic carbocycles. The van der Waals surface area contributed by atoms with Crippen molar-refractivity contribution in [3.63, 3.8) is 0 Å². The molecule has 110 valence electrons. The average molecular weight is 306 g/mol. The van der Waals surface area contributed by atoms with Crippen molar-refractivity contribution in [2.24, 2.45) is 0 Å². The minimum Gasteiger partial charge on any atom is -0.477 e. The monoisotopic (exact) mass is 305 g/mol. The third-order valence-corrected chi connectivity index (χ3v) is 2.89. The molecule has 21 heavy (non-hydrogen) atoms. The van der Waals surface area contributed by atoms with Crippen LogP contribution in [-0.2, 0) is 0 Å². The van der Waals surface area contributed by atoms with Gasteiger partial charge >= 0.3 is 5.97 Å². The number of rotatable bonds is 3. The van der Waals surface area contributed by atoms with E-state index in [2.05, 4.69) is 15.3 Å². The van der Waals surface area contributed by atoms with E-state index in [4.69, 9.17) is 11.6 Å². The number of hydrogen-bond donors (Lipinski definition) is 2. The standard InChI is InChI=1S/C15H16ClN3O2/c1-15(2,3)19-12-8-11(14(20)21)17-13(18-12)9-6-4-5-7-10(9)16/h4-8H,1-3H3,(H,20,21)(H,17,18,19). The Morgan fingerprint density at radius 2 is 1.90 bits per heavy atom. The first-order chi connectivity index (χ1) is 9.76. The summed E-state index contributed by atoms with van der Waals surface area (Å²) in [5.41, 5.74) is 0.271. The van der Waals surface area contributed by atoms with Crippen LogP contribution in [0.15, 0.2) is 30.3 Å². The second kappa shape index (κ2) is 5.69. The molecule has 0 atom stereocenters. The fourth-order valence-corrected chi connectivity index (χ4v) is 1.99. The second-order valence-corrected chi connectivity index (χ2v) is 6.03. The summed E-state index contributed by atoms with van der Waals surface area (Å²) in [5, 5.41) is 12.8. The van der Waals surface area contributed by atoms with Crippen molar-refractivity contribution in [2.45, 2.75) is 26.3 Å². The minimum absolute atomic E-state index is 0.0772. The van der Waals surface area contributed by atoms with Gasteiger partial charge in [0.25, 0.3) is 0 Å². The lowest BCUT2D eigenvalue weighted by atomic mass is 10.1. The van der Waals surface area contributed by atoms with Gasteiger partial charge in [-0.15, -0.1) is 0 Å². The number of nitrogens with one attached hydrogen (secondary N) is 1. The maximum atomic E-state index is 11.2. The Morgan fingerprint density at radius 3 is 2.48 bits per heavy atom. The molecule has 0 amide bonds. The van der Waals surface area contributed by atoms with Gasteiger partial charge in [-0.05, 0) is 32.9 Å². The third-order valence-electron chi connectivity index (χ3n) is 2.56. The Kier molecular flexibility index (Phi) is 4.14. The minimum atomic E-state index is -1.11. The van der Waals surface area contributed by atoms with E-state index in [9.17, 15) is 9.90 Å². The van der Waals surface area contributed by atoms with Crippen molar-refractivity contribution in [3.8, 4) is 11.4 Å². The van der Waals surface area contributed by atoms with Crippen LogP contribution in [-0.4, -0.2) is 26.6 Å². The van der Waals surface area contributed by atoms with Crippen molar-refractivity contribution in [3.05, 3.63) is 41.0 Å². The van der Waals surface area contributed by atoms with Gasteiger partial charge < -0.3 is 10.4 Å². The molecule has 1 aromatic heterocycles. The first-order valence-corrected chi connectivity index (χ1v) is 6.79. The molecule has 0 spiro atoms. The van der Waals surface area contributed by atoms with E-state index in [1.165, 1.54) is 6.07 Å². The topological polar surface area (TPSA) is 75.1 Å². The average Bonchev–Trinajstić information content (AvgIpc) is 2.36. The molecule has 0 aliphatic heterocycles. The van der Waals surface area contributed by atoms with Crippen molar-refractivity contribution in [2.75, 3.05) is 5.32 Å². The predicted molar refractivity (Wildman–Crippen MR) is 82.8 cm³/mol. The molecule has 0 unspecified atom stereocenters. The summed E-state index contributed by atoms with van der Waals surface area (Å²) in [6.45, 7) is 5.89. The number of aromatic nitrogens is 2. The molecule has 0 bridgehead atoms. The summed E-state index contributed by atoms with van der Waals surface area (Å²) in [6.07, 6.45) is 0. The number of aromatic carboxylic acids is 1. The van der Waals surface area contributed by atoms with E-state index >= 15 is 0 Å². The van der Waals surface area contributed by atoms with E-state index in [-0.39, 0.29) is 17.1 Å². The summed E-state index contributed by atoms with van der Waals surface area (Å²) in [5.74, 6) is -0.375. The van der Waals surface area contributed by atoms with Crippen LogP contribution < -0.4 is 5.32 Å². The lowest BCUT2D eigenvalue weighted by Gasteiger charge is -2.21. The number of carbonyl (C=O) groups is 1.